The molecule has 12 nitrogen and oxygen atoms in total. The van der Waals surface area contributed by atoms with Gasteiger partial charge in [0.2, 0.25) is 5.91 Å². The first-order valence-electron chi connectivity index (χ1n) is 20.8. The maximum absolute atomic E-state index is 13.5. The molecule has 0 aromatic heterocycles. The Hall–Kier alpha value is -2.79. The predicted molar refractivity (Wildman–Crippen MR) is 210 cm³/mol. The summed E-state index contributed by atoms with van der Waals surface area (Å²) in [6.45, 7) is 11.8. The van der Waals surface area contributed by atoms with Crippen LogP contribution in [0.25, 0.3) is 0 Å². The monoisotopic (exact) mass is 784 g/mol. The third-order valence-electron chi connectivity index (χ3n) is 14.7. The second-order valence-corrected chi connectivity index (χ2v) is 19.0. The number of aliphatic hydroxyl groups excluding tert-OH is 2. The van der Waals surface area contributed by atoms with E-state index < -0.39 is 29.6 Å². The molecule has 13 heteroatoms. The van der Waals surface area contributed by atoms with E-state index in [1.54, 1.807) is 6.92 Å². The number of carbonyl (C=O) groups excluding carboxylic acids is 4. The van der Waals surface area contributed by atoms with Crippen LogP contribution in [0, 0.1) is 58.7 Å². The molecule has 6 aliphatic rings. The molecule has 55 heavy (non-hydrogen) atoms. The molecule has 306 valence electrons. The minimum absolute atomic E-state index is 0.0120. The van der Waals surface area contributed by atoms with Crippen molar-refractivity contribution in [3.8, 4) is 12.3 Å². The number of rotatable bonds is 14. The molecule has 5 N–H and O–H groups in total. The van der Waals surface area contributed by atoms with Gasteiger partial charge >= 0.3 is 6.09 Å². The normalized spacial score (nSPS) is 37.5. The molecular weight excluding hydrogens is 721 g/mol. The summed E-state index contributed by atoms with van der Waals surface area (Å²) in [5, 5.41) is 29.9. The van der Waals surface area contributed by atoms with Gasteiger partial charge in [-0.05, 0) is 123 Å². The Morgan fingerprint density at radius 2 is 1.78 bits per heavy atom. The number of β-lactam (4-membered cyclic amide) rings is 1. The summed E-state index contributed by atoms with van der Waals surface area (Å²) >= 11 is 1.51. The zero-order valence-electron chi connectivity index (χ0n) is 33.4. The first kappa shape index (κ1) is 41.8. The van der Waals surface area contributed by atoms with Gasteiger partial charge in [-0.25, -0.2) is 4.79 Å². The quantitative estimate of drug-likeness (QED) is 0.0728. The number of thioether (sulfide) groups is 1. The van der Waals surface area contributed by atoms with E-state index in [0.29, 0.717) is 59.9 Å². The van der Waals surface area contributed by atoms with Gasteiger partial charge in [0.25, 0.3) is 11.8 Å². The molecule has 0 aromatic carbocycles. The van der Waals surface area contributed by atoms with Crippen LogP contribution in [0.1, 0.15) is 112 Å². The number of ether oxygens (including phenoxy) is 2. The van der Waals surface area contributed by atoms with E-state index in [2.05, 4.69) is 42.6 Å². The molecule has 0 radical (unpaired) electrons. The zero-order valence-corrected chi connectivity index (χ0v) is 34.3. The van der Waals surface area contributed by atoms with E-state index in [9.17, 15) is 29.4 Å². The topological polar surface area (TPSA) is 167 Å². The van der Waals surface area contributed by atoms with Gasteiger partial charge in [0.1, 0.15) is 29.9 Å². The van der Waals surface area contributed by atoms with Gasteiger partial charge in [0.15, 0.2) is 0 Å². The number of terminal acetylenes is 1. The Balaban J connectivity index is 0.996. The Morgan fingerprint density at radius 3 is 2.53 bits per heavy atom. The number of carbonyl (C=O) groups is 4. The molecule has 0 spiro atoms. The first-order chi connectivity index (χ1) is 26.2. The van der Waals surface area contributed by atoms with Crippen molar-refractivity contribution in [2.45, 2.75) is 141 Å². The number of nitrogens with one attached hydrogen (secondary N) is 3. The molecule has 4 aliphatic carbocycles. The average molecular weight is 785 g/mol. The largest absolute Gasteiger partial charge is 0.447 e. The Labute approximate surface area is 331 Å². The Bertz CT molecular complexity index is 1530. The smallest absolute Gasteiger partial charge is 0.408 e. The molecule has 6 rings (SSSR count). The SMILES string of the molecule is C#CCC(NC(=O)OCCOCCC)NC(=O)C1=C(C)CSC2C(NC(=O)CC[C@@H](C)[C@H]3CC[C@H]4[C@@H]5C(O)C[C@@H]6C[C@H](O)CC[C@]6(C)[C@H]5CC[C@]34C)C(=O)N12. The Morgan fingerprint density at radius 1 is 1.04 bits per heavy atom. The van der Waals surface area contributed by atoms with Crippen molar-refractivity contribution in [1.82, 2.24) is 20.9 Å². The third-order valence-corrected chi connectivity index (χ3v) is 16.1. The summed E-state index contributed by atoms with van der Waals surface area (Å²) in [6.07, 6.45) is 13.2. The summed E-state index contributed by atoms with van der Waals surface area (Å²) in [6, 6.07) is -0.726. The molecule has 5 fully saturated rings. The van der Waals surface area contributed by atoms with Crippen LogP contribution in [0.3, 0.4) is 0 Å². The highest BCUT2D eigenvalue weighted by Gasteiger charge is 2.63. The van der Waals surface area contributed by atoms with Crippen LogP contribution >= 0.6 is 11.8 Å². The van der Waals surface area contributed by atoms with Gasteiger partial charge in [0, 0.05) is 25.2 Å². The van der Waals surface area contributed by atoms with Gasteiger partial charge in [-0.15, -0.1) is 24.1 Å². The minimum atomic E-state index is -0.911. The second kappa shape index (κ2) is 17.4. The first-order valence-corrected chi connectivity index (χ1v) is 21.8. The van der Waals surface area contributed by atoms with E-state index in [1.807, 2.05) is 6.92 Å². The number of fused-ring (bicyclic) bond motifs is 6. The molecule has 13 atom stereocenters. The van der Waals surface area contributed by atoms with Crippen LogP contribution in [0.15, 0.2) is 11.3 Å². The number of alkyl carbamates (subject to hydrolysis) is 1. The van der Waals surface area contributed by atoms with Crippen LogP contribution in [-0.4, -0.2) is 94.3 Å². The maximum Gasteiger partial charge on any atom is 0.408 e. The van der Waals surface area contributed by atoms with Crippen molar-refractivity contribution in [3.05, 3.63) is 11.3 Å². The van der Waals surface area contributed by atoms with Crippen molar-refractivity contribution >= 4 is 35.6 Å². The van der Waals surface area contributed by atoms with Crippen LogP contribution in [0.4, 0.5) is 4.79 Å². The summed E-state index contributed by atoms with van der Waals surface area (Å²) in [5.74, 6) is 4.38. The van der Waals surface area contributed by atoms with Crippen LogP contribution in [0.2, 0.25) is 0 Å². The highest BCUT2D eigenvalue weighted by atomic mass is 32.2. The highest BCUT2D eigenvalue weighted by Crippen LogP contribution is 2.68. The summed E-state index contributed by atoms with van der Waals surface area (Å²) in [7, 11) is 0. The van der Waals surface area contributed by atoms with Crippen molar-refractivity contribution in [3.63, 3.8) is 0 Å². The van der Waals surface area contributed by atoms with Gasteiger partial charge in [-0.2, -0.15) is 0 Å². The van der Waals surface area contributed by atoms with E-state index in [-0.39, 0.29) is 60.2 Å². The van der Waals surface area contributed by atoms with Crippen LogP contribution in [-0.2, 0) is 23.9 Å². The Kier molecular flexibility index (Phi) is 13.2. The average Bonchev–Trinajstić information content (AvgIpc) is 3.50. The molecule has 0 aromatic rings. The molecular formula is C42H64N4O8S. The van der Waals surface area contributed by atoms with Gasteiger partial charge in [0.05, 0.1) is 18.8 Å². The number of hydrogen-bond donors (Lipinski definition) is 5. The number of aliphatic hydroxyl groups is 2. The number of amides is 4. The molecule has 0 bridgehead atoms. The van der Waals surface area contributed by atoms with E-state index >= 15 is 0 Å². The lowest BCUT2D eigenvalue weighted by Gasteiger charge is -2.62. The summed E-state index contributed by atoms with van der Waals surface area (Å²) in [5.41, 5.74) is 1.24. The number of nitrogens with zero attached hydrogens (tertiary/aromatic N) is 1. The summed E-state index contributed by atoms with van der Waals surface area (Å²) < 4.78 is 10.5. The lowest BCUT2D eigenvalue weighted by Crippen LogP contribution is -2.71. The van der Waals surface area contributed by atoms with Gasteiger partial charge in [-0.3, -0.25) is 19.3 Å². The van der Waals surface area contributed by atoms with Crippen molar-refractivity contribution < 1.29 is 38.9 Å². The van der Waals surface area contributed by atoms with Crippen molar-refractivity contribution in [1.29, 1.82) is 0 Å². The zero-order chi connectivity index (χ0) is 39.7. The second-order valence-electron chi connectivity index (χ2n) is 17.9. The molecule has 4 amide bonds. The highest BCUT2D eigenvalue weighted by molar-refractivity contribution is 8.00. The van der Waals surface area contributed by atoms with E-state index in [4.69, 9.17) is 15.9 Å². The molecule has 4 unspecified atom stereocenters. The lowest BCUT2D eigenvalue weighted by molar-refractivity contribution is -0.174. The summed E-state index contributed by atoms with van der Waals surface area (Å²) in [4.78, 5) is 54.2. The van der Waals surface area contributed by atoms with Crippen LogP contribution < -0.4 is 16.0 Å². The van der Waals surface area contributed by atoms with E-state index in [1.165, 1.54) is 16.7 Å². The molecule has 2 heterocycles. The van der Waals surface area contributed by atoms with E-state index in [0.717, 1.165) is 64.2 Å². The van der Waals surface area contributed by atoms with Gasteiger partial charge < -0.3 is 35.6 Å². The lowest BCUT2D eigenvalue weighted by atomic mass is 9.43. The standard InChI is InChI=1S/C42H64N4O8S/c1-7-9-32(44-40(52)54-20-19-53-18-8-2)43-37(50)36-25(4)23-55-39-35(38(51)46(36)39)45-33(49)13-10-24(3)28-11-12-29-34-30(15-17-42(28,29)6)41(5)16-14-27(47)21-26(41)22-31(34)48/h1,24,26-32,34-35,39,47-48H,8-23H2,2-6H3,(H,43,50)(H,44,52)(H,45,49)/t24-,26+,27-,28-,29+,30+,31?,32?,34+,35?,39?,41+,42-/m1/s1. The van der Waals surface area contributed by atoms with Gasteiger partial charge in [-0.1, -0.05) is 27.7 Å². The maximum atomic E-state index is 13.5. The predicted octanol–water partition coefficient (Wildman–Crippen LogP) is 4.69. The van der Waals surface area contributed by atoms with Crippen molar-refractivity contribution in [2.24, 2.45) is 46.3 Å². The van der Waals surface area contributed by atoms with Crippen LogP contribution in [0.5, 0.6) is 0 Å². The van der Waals surface area contributed by atoms with Crippen molar-refractivity contribution in [2.75, 3.05) is 25.6 Å². The third kappa shape index (κ3) is 8.30. The molecule has 2 aliphatic heterocycles. The fourth-order valence-electron chi connectivity index (χ4n) is 11.9. The molecule has 1 saturated heterocycles. The fraction of sp³-hybridized carbons (Fsp3) is 0.810. The molecule has 4 saturated carbocycles. The minimum Gasteiger partial charge on any atom is -0.447 e. The fourth-order valence-corrected chi connectivity index (χ4v) is 13.2. The number of hydrogen-bond acceptors (Lipinski definition) is 9.